The van der Waals surface area contributed by atoms with Gasteiger partial charge in [-0.25, -0.2) is 4.98 Å². The van der Waals surface area contributed by atoms with Crippen LogP contribution in [0, 0.1) is 13.8 Å². The molecule has 0 aliphatic heterocycles. The molecule has 0 aliphatic rings. The lowest BCUT2D eigenvalue weighted by molar-refractivity contribution is 0.514. The van der Waals surface area contributed by atoms with Gasteiger partial charge in [-0.1, -0.05) is 23.9 Å². The van der Waals surface area contributed by atoms with Gasteiger partial charge >= 0.3 is 0 Å². The molecule has 0 radical (unpaired) electrons. The smallest absolute Gasteiger partial charge is 0.263 e. The van der Waals surface area contributed by atoms with E-state index in [-0.39, 0.29) is 11.6 Å². The van der Waals surface area contributed by atoms with Crippen molar-refractivity contribution >= 4 is 49.2 Å². The summed E-state index contributed by atoms with van der Waals surface area (Å²) in [4.78, 5) is 19.8. The highest BCUT2D eigenvalue weighted by molar-refractivity contribution is 9.10. The topological polar surface area (TPSA) is 73.8 Å². The molecular weight excluding hydrogens is 472 g/mol. The molecule has 3 heterocycles. The zero-order valence-electron chi connectivity index (χ0n) is 16.4. The van der Waals surface area contributed by atoms with Crippen molar-refractivity contribution in [1.82, 2.24) is 19.7 Å². The van der Waals surface area contributed by atoms with E-state index in [1.54, 1.807) is 15.9 Å². The Bertz CT molecular complexity index is 1260. The molecule has 0 atom stereocenters. The van der Waals surface area contributed by atoms with Crippen LogP contribution in [0.5, 0.6) is 0 Å². The average molecular weight is 491 g/mol. The monoisotopic (exact) mass is 490 g/mol. The summed E-state index contributed by atoms with van der Waals surface area (Å²) in [5, 5.41) is 9.70. The maximum atomic E-state index is 13.1. The summed E-state index contributed by atoms with van der Waals surface area (Å²) in [6.07, 6.45) is 0. The van der Waals surface area contributed by atoms with Crippen LogP contribution in [0.2, 0.25) is 0 Å². The molecule has 0 aliphatic carbocycles. The maximum Gasteiger partial charge on any atom is 0.263 e. The van der Waals surface area contributed by atoms with Crippen LogP contribution in [0.4, 0.5) is 0 Å². The molecule has 6 nitrogen and oxygen atoms in total. The van der Waals surface area contributed by atoms with E-state index in [1.165, 1.54) is 11.8 Å². The number of thioether (sulfide) groups is 1. The standard InChI is InChI=1S/C20H19BrN4O2S2/c1-10(2)25-19(26)16-11(3)12(4)29-18(16)22-20(25)28-9-15-23-24-17(27-15)13-7-5-6-8-14(13)21/h5-8,10H,9H2,1-4H3. The molecule has 0 N–H and O–H groups in total. The molecule has 150 valence electrons. The quantitative estimate of drug-likeness (QED) is 0.261. The van der Waals surface area contributed by atoms with Gasteiger partial charge in [0.05, 0.1) is 16.7 Å². The maximum absolute atomic E-state index is 13.1. The minimum absolute atomic E-state index is 0.0000245. The first-order valence-electron chi connectivity index (χ1n) is 9.09. The second kappa shape index (κ2) is 8.04. The molecule has 0 spiro atoms. The van der Waals surface area contributed by atoms with E-state index in [2.05, 4.69) is 26.1 Å². The van der Waals surface area contributed by atoms with Crippen molar-refractivity contribution in [3.05, 3.63) is 55.4 Å². The van der Waals surface area contributed by atoms with Gasteiger partial charge in [0.25, 0.3) is 5.56 Å². The highest BCUT2D eigenvalue weighted by Crippen LogP contribution is 2.31. The summed E-state index contributed by atoms with van der Waals surface area (Å²) in [5.41, 5.74) is 1.87. The molecule has 0 fully saturated rings. The van der Waals surface area contributed by atoms with Gasteiger partial charge in [-0.3, -0.25) is 9.36 Å². The fraction of sp³-hybridized carbons (Fsp3) is 0.300. The van der Waals surface area contributed by atoms with Gasteiger partial charge < -0.3 is 4.42 Å². The van der Waals surface area contributed by atoms with E-state index in [1.807, 2.05) is 52.0 Å². The predicted molar refractivity (Wildman–Crippen MR) is 121 cm³/mol. The Morgan fingerprint density at radius 2 is 2.00 bits per heavy atom. The molecule has 4 rings (SSSR count). The van der Waals surface area contributed by atoms with Crippen LogP contribution in [0.3, 0.4) is 0 Å². The van der Waals surface area contributed by atoms with Gasteiger partial charge in [-0.2, -0.15) is 0 Å². The molecule has 4 aromatic rings. The van der Waals surface area contributed by atoms with Gasteiger partial charge in [0.15, 0.2) is 5.16 Å². The zero-order chi connectivity index (χ0) is 20.7. The van der Waals surface area contributed by atoms with E-state index < -0.39 is 0 Å². The lowest BCUT2D eigenvalue weighted by Gasteiger charge is -2.14. The van der Waals surface area contributed by atoms with Crippen LogP contribution in [0.25, 0.3) is 21.7 Å². The number of hydrogen-bond donors (Lipinski definition) is 0. The summed E-state index contributed by atoms with van der Waals surface area (Å²) >= 11 is 6.50. The lowest BCUT2D eigenvalue weighted by Crippen LogP contribution is -2.24. The first kappa shape index (κ1) is 20.3. The van der Waals surface area contributed by atoms with E-state index >= 15 is 0 Å². The third kappa shape index (κ3) is 3.78. The molecule has 3 aromatic heterocycles. The Kier molecular flexibility index (Phi) is 5.63. The van der Waals surface area contributed by atoms with Crippen LogP contribution in [0.1, 0.15) is 36.2 Å². The lowest BCUT2D eigenvalue weighted by atomic mass is 10.2. The predicted octanol–water partition coefficient (Wildman–Crippen LogP) is 5.76. The summed E-state index contributed by atoms with van der Waals surface area (Å²) < 4.78 is 8.47. The van der Waals surface area contributed by atoms with Crippen molar-refractivity contribution < 1.29 is 4.42 Å². The molecule has 29 heavy (non-hydrogen) atoms. The summed E-state index contributed by atoms with van der Waals surface area (Å²) in [6, 6.07) is 7.70. The van der Waals surface area contributed by atoms with Crippen molar-refractivity contribution in [3.8, 4) is 11.5 Å². The number of halogens is 1. The fourth-order valence-electron chi connectivity index (χ4n) is 3.03. The van der Waals surface area contributed by atoms with Gasteiger partial charge in [-0.15, -0.1) is 21.5 Å². The van der Waals surface area contributed by atoms with Crippen LogP contribution >= 0.6 is 39.0 Å². The van der Waals surface area contributed by atoms with E-state index in [4.69, 9.17) is 9.40 Å². The second-order valence-corrected chi connectivity index (χ2v) is 9.90. The molecule has 0 saturated heterocycles. The second-order valence-electron chi connectivity index (χ2n) is 6.90. The van der Waals surface area contributed by atoms with Crippen LogP contribution in [-0.2, 0) is 5.75 Å². The highest BCUT2D eigenvalue weighted by Gasteiger charge is 2.19. The largest absolute Gasteiger partial charge is 0.420 e. The van der Waals surface area contributed by atoms with E-state index in [9.17, 15) is 4.79 Å². The molecule has 0 unspecified atom stereocenters. The summed E-state index contributed by atoms with van der Waals surface area (Å²) in [7, 11) is 0. The Morgan fingerprint density at radius 3 is 2.72 bits per heavy atom. The number of benzene rings is 1. The van der Waals surface area contributed by atoms with Crippen LogP contribution < -0.4 is 5.56 Å². The number of aryl methyl sites for hydroxylation is 2. The first-order valence-corrected chi connectivity index (χ1v) is 11.7. The van der Waals surface area contributed by atoms with Crippen molar-refractivity contribution in [2.75, 3.05) is 0 Å². The SMILES string of the molecule is Cc1sc2nc(SCc3nnc(-c4ccccc4Br)o3)n(C(C)C)c(=O)c2c1C. The first-order chi connectivity index (χ1) is 13.9. The average Bonchev–Trinajstić information content (AvgIpc) is 3.25. The molecule has 1 aromatic carbocycles. The van der Waals surface area contributed by atoms with Crippen molar-refractivity contribution in [2.45, 2.75) is 44.6 Å². The summed E-state index contributed by atoms with van der Waals surface area (Å²) in [5.74, 6) is 1.39. The van der Waals surface area contributed by atoms with Gasteiger partial charge in [0.2, 0.25) is 11.8 Å². The minimum atomic E-state index is 0.0000245. The highest BCUT2D eigenvalue weighted by atomic mass is 79.9. The molecule has 0 bridgehead atoms. The van der Waals surface area contributed by atoms with E-state index in [0.29, 0.717) is 22.7 Å². The Morgan fingerprint density at radius 1 is 1.24 bits per heavy atom. The third-order valence-corrected chi connectivity index (χ3v) is 7.35. The Balaban J connectivity index is 1.66. The van der Waals surface area contributed by atoms with E-state index in [0.717, 1.165) is 30.7 Å². The van der Waals surface area contributed by atoms with Gasteiger partial charge in [0.1, 0.15) is 4.83 Å². The number of nitrogens with zero attached hydrogens (tertiary/aromatic N) is 4. The molecule has 0 amide bonds. The molecule has 0 saturated carbocycles. The summed E-state index contributed by atoms with van der Waals surface area (Å²) in [6.45, 7) is 7.99. The fourth-order valence-corrected chi connectivity index (χ4v) is 5.52. The van der Waals surface area contributed by atoms with Crippen molar-refractivity contribution in [2.24, 2.45) is 0 Å². The number of hydrogen-bond acceptors (Lipinski definition) is 7. The number of rotatable bonds is 5. The van der Waals surface area contributed by atoms with Crippen molar-refractivity contribution in [1.29, 1.82) is 0 Å². The zero-order valence-corrected chi connectivity index (χ0v) is 19.6. The van der Waals surface area contributed by atoms with Gasteiger partial charge in [0, 0.05) is 15.4 Å². The molecular formula is C20H19BrN4O2S2. The number of aromatic nitrogens is 4. The van der Waals surface area contributed by atoms with Crippen molar-refractivity contribution in [3.63, 3.8) is 0 Å². The Labute approximate surface area is 184 Å². The van der Waals surface area contributed by atoms with Crippen LogP contribution in [0.15, 0.2) is 43.1 Å². The molecule has 9 heteroatoms. The number of fused-ring (bicyclic) bond motifs is 1. The third-order valence-electron chi connectivity index (χ3n) is 4.61. The van der Waals surface area contributed by atoms with Crippen LogP contribution in [-0.4, -0.2) is 19.7 Å². The Hall–Kier alpha value is -1.97. The normalized spacial score (nSPS) is 11.7. The number of thiophene rings is 1. The minimum Gasteiger partial charge on any atom is -0.420 e. The van der Waals surface area contributed by atoms with Gasteiger partial charge in [-0.05, 0) is 61.3 Å².